The van der Waals surface area contributed by atoms with Crippen LogP contribution in [0.3, 0.4) is 0 Å². The maximum absolute atomic E-state index is 10.9. The Bertz CT molecular complexity index is 844. The van der Waals surface area contributed by atoms with Gasteiger partial charge in [-0.2, -0.15) is 0 Å². The van der Waals surface area contributed by atoms with E-state index in [1.54, 1.807) is 0 Å². The zero-order chi connectivity index (χ0) is 28.4. The molecule has 0 saturated heterocycles. The average molecular weight is 601 g/mol. The van der Waals surface area contributed by atoms with Crippen molar-refractivity contribution in [2.24, 2.45) is 0 Å². The second-order valence-corrected chi connectivity index (χ2v) is 14.3. The minimum atomic E-state index is -0.556. The van der Waals surface area contributed by atoms with Crippen LogP contribution in [0.25, 0.3) is 0 Å². The fourth-order valence-corrected chi connectivity index (χ4v) is 4.90. The molecule has 2 aromatic carbocycles. The normalized spacial score (nSPS) is 11.4. The summed E-state index contributed by atoms with van der Waals surface area (Å²) in [6, 6.07) is 9.32. The van der Waals surface area contributed by atoms with Crippen molar-refractivity contribution in [2.45, 2.75) is 99.1 Å². The van der Waals surface area contributed by atoms with Crippen LogP contribution >= 0.6 is 18.6 Å². The summed E-state index contributed by atoms with van der Waals surface area (Å²) in [5.74, 6) is 2.12. The molecule has 216 valence electrons. The first kappa shape index (κ1) is 37.5. The molecule has 0 amide bonds. The summed E-state index contributed by atoms with van der Waals surface area (Å²) in [5.41, 5.74) is 9.23. The molecule has 3 nitrogen and oxygen atoms in total. The molecule has 0 atom stereocenters. The Hall–Kier alpha value is -0.546. The quantitative estimate of drug-likeness (QED) is 0.206. The number of hydrogen-bond donors (Lipinski definition) is 1. The van der Waals surface area contributed by atoms with Gasteiger partial charge in [-0.1, -0.05) is 79.7 Å². The molecule has 0 radical (unpaired) electrons. The van der Waals surface area contributed by atoms with E-state index in [0.29, 0.717) is 29.4 Å². The van der Waals surface area contributed by atoms with Gasteiger partial charge >= 0.3 is 35.6 Å². The van der Waals surface area contributed by atoms with E-state index >= 15 is 0 Å². The Morgan fingerprint density at radius 1 is 0.684 bits per heavy atom. The number of halogens is 2. The second kappa shape index (κ2) is 18.0. The van der Waals surface area contributed by atoms with Crippen LogP contribution in [-0.4, -0.2) is 42.1 Å². The molecule has 0 spiro atoms. The topological polar surface area (TPSA) is 26.7 Å². The molecule has 0 heterocycles. The third-order valence-electron chi connectivity index (χ3n) is 6.94. The van der Waals surface area contributed by atoms with E-state index in [1.165, 1.54) is 27.8 Å². The van der Waals surface area contributed by atoms with Crippen LogP contribution in [0.2, 0.25) is 0 Å². The van der Waals surface area contributed by atoms with Crippen LogP contribution < -0.4 is 0 Å². The maximum atomic E-state index is 10.9. The molecule has 2 rings (SSSR count). The molecule has 0 bridgehead atoms. The summed E-state index contributed by atoms with van der Waals surface area (Å²) in [4.78, 5) is 4.83. The van der Waals surface area contributed by atoms with Crippen molar-refractivity contribution in [3.8, 4) is 5.75 Å². The van der Waals surface area contributed by atoms with Gasteiger partial charge in [-0.3, -0.25) is 4.90 Å². The van der Waals surface area contributed by atoms with Crippen LogP contribution in [0.4, 0.5) is 0 Å². The zero-order valence-corrected chi connectivity index (χ0v) is 29.1. The van der Waals surface area contributed by atoms with Crippen molar-refractivity contribution in [3.63, 3.8) is 0 Å². The van der Waals surface area contributed by atoms with E-state index in [0.717, 1.165) is 37.3 Å². The third-order valence-corrected chi connectivity index (χ3v) is 6.94. The summed E-state index contributed by atoms with van der Waals surface area (Å²) in [6.07, 6.45) is 0. The number of benzene rings is 2. The molecule has 6 heteroatoms. The predicted octanol–water partition coefficient (Wildman–Crippen LogP) is 9.58. The van der Waals surface area contributed by atoms with Crippen LogP contribution in [0, 0.1) is 14.4 Å². The third kappa shape index (κ3) is 11.5. The van der Waals surface area contributed by atoms with E-state index in [2.05, 4.69) is 110 Å². The summed E-state index contributed by atoms with van der Waals surface area (Å²) < 4.78 is 0. The average Bonchev–Trinajstić information content (AvgIpc) is 2.79. The molecule has 0 saturated carbocycles. The predicted molar refractivity (Wildman–Crippen MR) is 166 cm³/mol. The van der Waals surface area contributed by atoms with Gasteiger partial charge in [0, 0.05) is 26.2 Å². The van der Waals surface area contributed by atoms with Crippen molar-refractivity contribution in [1.82, 2.24) is 9.80 Å². The molecule has 0 aromatic heterocycles. The minimum absolute atomic E-state index is 0. The molecule has 1 N–H and O–H groups in total. The molecule has 0 aliphatic heterocycles. The van der Waals surface area contributed by atoms with Gasteiger partial charge in [0.15, 0.2) is 0 Å². The van der Waals surface area contributed by atoms with Crippen molar-refractivity contribution in [2.75, 3.05) is 27.2 Å². The van der Waals surface area contributed by atoms with Crippen molar-refractivity contribution < 1.29 is 22.1 Å². The van der Waals surface area contributed by atoms with Crippen LogP contribution in [-0.2, 0) is 30.1 Å². The number of rotatable bonds is 11. The van der Waals surface area contributed by atoms with Gasteiger partial charge in [0.2, 0.25) is 0 Å². The summed E-state index contributed by atoms with van der Waals surface area (Å²) in [5, 5.41) is 10.9. The Labute approximate surface area is 252 Å². The fourth-order valence-electron chi connectivity index (χ4n) is 4.90. The van der Waals surface area contributed by atoms with Gasteiger partial charge < -0.3 is 17.4 Å². The fraction of sp³-hybridized carbons (Fsp3) is 0.594. The molecule has 0 aliphatic rings. The number of hydrogen-bond acceptors (Lipinski definition) is 3. The molecular weight excluding hydrogens is 547 g/mol. The first-order valence-corrected chi connectivity index (χ1v) is 17.8. The van der Waals surface area contributed by atoms with Crippen molar-refractivity contribution in [3.05, 3.63) is 70.6 Å². The van der Waals surface area contributed by atoms with E-state index in [1.807, 2.05) is 0 Å². The first-order chi connectivity index (χ1) is 17.2. The standard InChI is InChI=1S/C31H50N2O.CH3.2ClH.Ti/c1-20(2)27-14-25(15-28(21(3)4)24(27)9)18-33(13-12-32(10)11)19-26-16-29(22(5)6)31(34)30(17-26)23(7)8;;;;/h14-17,20-23,34H,12-13,18-19H2,1-11H3;1H3;2*1H;/q;-1;;;+2/p-2. The first-order valence-electron chi connectivity index (χ1n) is 13.6. The second-order valence-electron chi connectivity index (χ2n) is 11.7. The van der Waals surface area contributed by atoms with Crippen molar-refractivity contribution >= 4 is 18.6 Å². The zero-order valence-electron chi connectivity index (χ0n) is 26.0. The molecule has 0 fully saturated rings. The van der Waals surface area contributed by atoms with Gasteiger partial charge in [-0.15, -0.1) is 0 Å². The number of aromatic hydroxyl groups is 1. The molecule has 38 heavy (non-hydrogen) atoms. The van der Waals surface area contributed by atoms with E-state index in [-0.39, 0.29) is 7.43 Å². The Kier molecular flexibility index (Phi) is 17.7. The summed E-state index contributed by atoms with van der Waals surface area (Å²) >= 11 is -0.556. The Morgan fingerprint density at radius 2 is 1.00 bits per heavy atom. The molecule has 0 unspecified atom stereocenters. The summed E-state index contributed by atoms with van der Waals surface area (Å²) in [7, 11) is 14.1. The Morgan fingerprint density at radius 3 is 1.29 bits per heavy atom. The van der Waals surface area contributed by atoms with Gasteiger partial charge in [0.1, 0.15) is 5.75 Å². The van der Waals surface area contributed by atoms with Crippen LogP contribution in [0.1, 0.15) is 118 Å². The van der Waals surface area contributed by atoms with Gasteiger partial charge in [0.05, 0.1) is 0 Å². The van der Waals surface area contributed by atoms with Gasteiger partial charge in [-0.25, -0.2) is 0 Å². The number of phenolic OH excluding ortho intramolecular Hbond substituents is 1. The molecule has 2 aromatic rings. The SMILES string of the molecule is Cc1c(C(C)C)cc(CN(CCN(C)C)Cc2cc(C(C)C)c(O)c(C(C)C)c2)cc1C(C)C.[CH3-].[Cl][Ti][Cl]. The number of phenols is 1. The van der Waals surface area contributed by atoms with E-state index in [9.17, 15) is 5.11 Å². The van der Waals surface area contributed by atoms with E-state index < -0.39 is 17.0 Å². The van der Waals surface area contributed by atoms with Gasteiger partial charge in [-0.05, 0) is 83.6 Å². The Balaban J connectivity index is 0.00000326. The van der Waals surface area contributed by atoms with E-state index in [4.69, 9.17) is 18.6 Å². The monoisotopic (exact) mass is 599 g/mol. The number of nitrogens with zero attached hydrogens (tertiary/aromatic N) is 2. The summed E-state index contributed by atoms with van der Waals surface area (Å²) in [6.45, 7) is 24.0. The van der Waals surface area contributed by atoms with Crippen LogP contribution in [0.5, 0.6) is 5.75 Å². The number of likely N-dealkylation sites (N-methyl/N-ethyl adjacent to an activating group) is 1. The molecule has 0 aliphatic carbocycles. The molecular formula is C32H53Cl2N2OTi-. The van der Waals surface area contributed by atoms with Crippen LogP contribution in [0.15, 0.2) is 24.3 Å². The van der Waals surface area contributed by atoms with Gasteiger partial charge in [0.25, 0.3) is 0 Å². The van der Waals surface area contributed by atoms with Crippen molar-refractivity contribution in [1.29, 1.82) is 0 Å².